The van der Waals surface area contributed by atoms with Gasteiger partial charge in [-0.3, -0.25) is 14.6 Å². The molecular formula is C73H43Br5Cl11N23O6S4. The molecule has 19 aromatic rings. The lowest BCUT2D eigenvalue weighted by molar-refractivity contribution is 0.103. The molecule has 0 saturated heterocycles. The van der Waals surface area contributed by atoms with Crippen LogP contribution in [0.1, 0.15) is 36.3 Å². The highest BCUT2D eigenvalue weighted by Gasteiger charge is 2.28. The van der Waals surface area contributed by atoms with Crippen LogP contribution < -0.4 is 5.32 Å². The molecule has 2 aromatic carbocycles. The van der Waals surface area contributed by atoms with E-state index < -0.39 is 20.0 Å². The Kier molecular flexibility index (Phi) is 29.8. The van der Waals surface area contributed by atoms with Gasteiger partial charge in [-0.25, -0.2) is 59.7 Å². The fourth-order valence-electron chi connectivity index (χ4n) is 11.1. The predicted octanol–water partition coefficient (Wildman–Crippen LogP) is 22.7. The molecule has 17 heterocycles. The van der Waals surface area contributed by atoms with Crippen LogP contribution in [0.25, 0.3) is 77.2 Å². The second kappa shape index (κ2) is 39.7. The van der Waals surface area contributed by atoms with Crippen molar-refractivity contribution in [3.05, 3.63) is 282 Å². The van der Waals surface area contributed by atoms with Crippen molar-refractivity contribution in [2.24, 2.45) is 21.1 Å². The Bertz CT molecular complexity index is 7410. The van der Waals surface area contributed by atoms with Crippen molar-refractivity contribution in [1.29, 1.82) is 0 Å². The van der Waals surface area contributed by atoms with Gasteiger partial charge in [-0.15, -0.1) is 22.7 Å². The minimum Gasteiger partial charge on any atom is -0.350 e. The van der Waals surface area contributed by atoms with Gasteiger partial charge >= 0.3 is 0 Å². The number of carbonyl (C=O) groups excluding carboxylic acids is 2. The molecule has 0 aliphatic carbocycles. The van der Waals surface area contributed by atoms with Gasteiger partial charge in [0.15, 0.2) is 11.3 Å². The average molecular weight is 2260 g/mol. The molecular weight excluding hydrogens is 2210 g/mol. The van der Waals surface area contributed by atoms with Gasteiger partial charge in [-0.1, -0.05) is 113 Å². The topological polar surface area (TPSA) is 364 Å². The van der Waals surface area contributed by atoms with Gasteiger partial charge < -0.3 is 29.0 Å². The number of pyridine rings is 1. The lowest BCUT2D eigenvalue weighted by atomic mass is 10.2. The van der Waals surface area contributed by atoms with Crippen LogP contribution in [0, 0.1) is 0 Å². The first-order valence-electron chi connectivity index (χ1n) is 33.7. The number of aromatic nitrogens is 22. The summed E-state index contributed by atoms with van der Waals surface area (Å²) in [5.74, 6) is 0.173. The van der Waals surface area contributed by atoms with Crippen molar-refractivity contribution in [2.75, 3.05) is 5.32 Å². The maximum Gasteiger partial charge on any atom is 0.270 e. The molecule has 19 rings (SSSR count). The molecule has 29 nitrogen and oxygen atoms in total. The van der Waals surface area contributed by atoms with Crippen LogP contribution in [0.5, 0.6) is 0 Å². The van der Waals surface area contributed by atoms with Gasteiger partial charge in [0, 0.05) is 52.5 Å². The number of fused-ring (bicyclic) bond motifs is 7. The molecule has 0 atom stereocenters. The van der Waals surface area contributed by atoms with Crippen LogP contribution in [0.3, 0.4) is 0 Å². The Morgan fingerprint density at radius 2 is 0.861 bits per heavy atom. The van der Waals surface area contributed by atoms with Crippen molar-refractivity contribution < 1.29 is 26.4 Å². The van der Waals surface area contributed by atoms with Crippen LogP contribution in [0.4, 0.5) is 5.95 Å². The highest BCUT2D eigenvalue weighted by atomic mass is 79.9. The number of hydrogen-bond donors (Lipinski definition) is 3. The third-order valence-corrected chi connectivity index (χ3v) is 27.8. The molecule has 0 spiro atoms. The average Bonchev–Trinajstić information content (AvgIpc) is 1.59. The molecule has 622 valence electrons. The Labute approximate surface area is 793 Å². The molecule has 49 heteroatoms. The summed E-state index contributed by atoms with van der Waals surface area (Å²) in [6.45, 7) is 0.525. The van der Waals surface area contributed by atoms with E-state index in [1.54, 1.807) is 73.2 Å². The number of H-pyrrole nitrogens is 2. The molecule has 0 bridgehead atoms. The molecule has 3 N–H and O–H groups in total. The van der Waals surface area contributed by atoms with Crippen LogP contribution >= 0.6 is 230 Å². The Morgan fingerprint density at radius 3 is 1.39 bits per heavy atom. The highest BCUT2D eigenvalue weighted by molar-refractivity contribution is 9.11. The number of hydrogen-bond acceptors (Lipinski definition) is 24. The van der Waals surface area contributed by atoms with E-state index in [-0.39, 0.29) is 74.7 Å². The number of nitrogens with one attached hydrogen (secondary N) is 3. The number of carbonyl (C=O) groups is 2. The summed E-state index contributed by atoms with van der Waals surface area (Å²) in [4.78, 5) is 93.0. The highest BCUT2D eigenvalue weighted by Crippen LogP contribution is 2.36. The maximum absolute atomic E-state index is 12.9. The Hall–Kier alpha value is -8.04. The quantitative estimate of drug-likeness (QED) is 0.0615. The number of nitrogens with zero attached hydrogens (tertiary/aromatic N) is 20. The number of halogens is 16. The first-order chi connectivity index (χ1) is 58.1. The maximum atomic E-state index is 12.9. The monoisotopic (exact) mass is 2240 g/mol. The van der Waals surface area contributed by atoms with E-state index in [2.05, 4.69) is 170 Å². The smallest absolute Gasteiger partial charge is 0.270 e. The summed E-state index contributed by atoms with van der Waals surface area (Å²) in [7, 11) is -1.97. The van der Waals surface area contributed by atoms with Crippen LogP contribution in [-0.4, -0.2) is 135 Å². The normalized spacial score (nSPS) is 11.3. The fraction of sp³-hybridized carbons (Fsp3) is 0.0548. The lowest BCUT2D eigenvalue weighted by Gasteiger charge is -2.08. The minimum atomic E-state index is -3.82. The second-order valence-electron chi connectivity index (χ2n) is 24.3. The van der Waals surface area contributed by atoms with Crippen molar-refractivity contribution in [1.82, 2.24) is 106 Å². The number of rotatable bonds is 11. The van der Waals surface area contributed by atoms with Crippen molar-refractivity contribution in [3.8, 4) is 0 Å². The molecule has 0 amide bonds. The van der Waals surface area contributed by atoms with Gasteiger partial charge in [-0.05, 0) is 251 Å². The summed E-state index contributed by atoms with van der Waals surface area (Å²) in [6, 6.07) is 39.4. The van der Waals surface area contributed by atoms with E-state index in [1.807, 2.05) is 94.1 Å². The number of thiophene rings is 2. The first-order valence-corrected chi connectivity index (χ1v) is 46.5. The number of aryl methyl sites for hydroxylation is 3. The zero-order valence-electron chi connectivity index (χ0n) is 61.0. The third kappa shape index (κ3) is 20.7. The van der Waals surface area contributed by atoms with Crippen LogP contribution in [-0.2, 0) is 47.7 Å². The standard InChI is InChI=1S/C18H14BrN5OS.C12H6BrCl2N3O2S.C12H7BrClN3OS.C12H7Cl2N3O2S.C7H4BrCl2N3.C6H2BrCl2N3.C6H3Cl2N3/c1-24-14(19)8-12-15(16(25)13-5-3-7-26-13)22-18(23-17(12)24)21-10-11-4-2-6-20-9-11;13-9-6-8-10(14)16-12(15)17-11(8)18(9)21(19,20)7-4-2-1-3-5-7;1-17-8(13)5-6-9(15-12(14)16-11(6)17)10(18)7-3-2-4-19-7;13-10-9-6-7-17(11(9)16-12(14)15-10)20(18,19)8-4-2-1-3-5-8;1-13-4(8)2-3-5(9)11-7(10)12-6(3)13;7-3-1-2-4(8)11-6(9)12-5(2)10-3;7-4-3-1-2-9-5(3)11-6(8)10-4/h2-9H,10H2,1H3,(H,21,22,23);1-6H;2-5H,1H3;1-7H;2H,1H3;1H,(H,10,11,12);1-2H,(H,9,10,11). The summed E-state index contributed by atoms with van der Waals surface area (Å²) in [5, 5.41) is 13.1. The number of ketones is 2. The molecule has 0 unspecified atom stereocenters. The molecule has 0 aliphatic heterocycles. The second-order valence-corrected chi connectivity index (χ2v) is 37.8. The Balaban J connectivity index is 0.000000125. The van der Waals surface area contributed by atoms with E-state index in [1.165, 1.54) is 65.3 Å². The summed E-state index contributed by atoms with van der Waals surface area (Å²) >= 11 is 83.1. The van der Waals surface area contributed by atoms with E-state index >= 15 is 0 Å². The summed E-state index contributed by atoms with van der Waals surface area (Å²) in [6.07, 6.45) is 6.62. The number of benzene rings is 2. The summed E-state index contributed by atoms with van der Waals surface area (Å²) < 4.78 is 61.8. The predicted molar refractivity (Wildman–Crippen MR) is 497 cm³/mol. The van der Waals surface area contributed by atoms with Gasteiger partial charge in [0.25, 0.3) is 20.0 Å². The number of anilines is 1. The van der Waals surface area contributed by atoms with Gasteiger partial charge in [-0.2, -0.15) is 34.9 Å². The van der Waals surface area contributed by atoms with Crippen LogP contribution in [0.15, 0.2) is 208 Å². The van der Waals surface area contributed by atoms with Gasteiger partial charge in [0.05, 0.1) is 75.7 Å². The molecule has 0 aliphatic rings. The Morgan fingerprint density at radius 1 is 0.418 bits per heavy atom. The SMILES string of the molecule is Clc1nc(Cl)c2cc(Br)[nH]c2n1.Clc1nc(Cl)c2cc[nH]c2n1.Cn1c(Br)cc2c(C(=O)c3cccs3)nc(Cl)nc21.Cn1c(Br)cc2c(C(=O)c3cccs3)nc(NCc3cccnc3)nc21.Cn1c(Br)cc2c(Cl)nc(Cl)nc21.O=S(=O)(c1ccccc1)n1c(Br)cc2c(Cl)nc(Cl)nc21.O=S(=O)(c1ccccc1)n1ccc2c(Cl)nc(Cl)nc21. The minimum absolute atomic E-state index is 0.0705. The third-order valence-electron chi connectivity index (χ3n) is 16.7. The molecule has 122 heavy (non-hydrogen) atoms. The largest absolute Gasteiger partial charge is 0.350 e. The zero-order valence-corrected chi connectivity index (χ0v) is 80.5. The first kappa shape index (κ1) is 91.7. The van der Waals surface area contributed by atoms with E-state index in [4.69, 9.17) is 128 Å². The van der Waals surface area contributed by atoms with E-state index in [9.17, 15) is 26.4 Å². The summed E-state index contributed by atoms with van der Waals surface area (Å²) in [5.41, 5.74) is 5.35. The van der Waals surface area contributed by atoms with Gasteiger partial charge in [0.2, 0.25) is 49.2 Å². The van der Waals surface area contributed by atoms with Gasteiger partial charge in [0.1, 0.15) is 70.0 Å². The molecule has 0 fully saturated rings. The van der Waals surface area contributed by atoms with E-state index in [0.29, 0.717) is 92.4 Å². The fourth-order valence-corrected chi connectivity index (χ4v) is 20.0. The van der Waals surface area contributed by atoms with Crippen molar-refractivity contribution in [2.45, 2.75) is 16.3 Å². The van der Waals surface area contributed by atoms with Crippen LogP contribution in [0.2, 0.25) is 57.5 Å². The number of aromatic amines is 2. The lowest BCUT2D eigenvalue weighted by Crippen LogP contribution is -2.13. The molecule has 17 aromatic heterocycles. The molecule has 0 radical (unpaired) electrons. The molecule has 0 saturated carbocycles. The van der Waals surface area contributed by atoms with Crippen molar-refractivity contribution >= 4 is 345 Å². The van der Waals surface area contributed by atoms with E-state index in [0.717, 1.165) is 59.1 Å². The van der Waals surface area contributed by atoms with Crippen molar-refractivity contribution in [3.63, 3.8) is 0 Å². The zero-order chi connectivity index (χ0) is 87.3.